The van der Waals surface area contributed by atoms with Crippen molar-refractivity contribution in [1.29, 1.82) is 0 Å². The van der Waals surface area contributed by atoms with Crippen molar-refractivity contribution < 1.29 is 33.3 Å². The fraction of sp³-hybridized carbons (Fsp3) is 0.323. The van der Waals surface area contributed by atoms with Gasteiger partial charge in [-0.3, -0.25) is 14.4 Å². The first-order valence-corrected chi connectivity index (χ1v) is 13.5. The molecule has 2 N–H and O–H groups in total. The third-order valence-electron chi connectivity index (χ3n) is 7.17. The van der Waals surface area contributed by atoms with Gasteiger partial charge in [-0.2, -0.15) is 0 Å². The van der Waals surface area contributed by atoms with Gasteiger partial charge in [-0.1, -0.05) is 24.3 Å². The van der Waals surface area contributed by atoms with Gasteiger partial charge < -0.3 is 34.5 Å². The molecule has 214 valence electrons. The van der Waals surface area contributed by atoms with E-state index in [1.807, 2.05) is 30.3 Å². The van der Waals surface area contributed by atoms with Crippen LogP contribution in [0.5, 0.6) is 23.0 Å². The molecule has 8 rings (SSSR count). The number of amides is 3. The molecule has 10 nitrogen and oxygen atoms in total. The van der Waals surface area contributed by atoms with Crippen molar-refractivity contribution in [1.82, 2.24) is 15.5 Å². The highest BCUT2D eigenvalue weighted by atomic mass is 16.5. The highest BCUT2D eigenvalue weighted by Gasteiger charge is 2.38. The van der Waals surface area contributed by atoms with Gasteiger partial charge in [-0.05, 0) is 48.4 Å². The summed E-state index contributed by atoms with van der Waals surface area (Å²) in [5.74, 6) is 1.35. The van der Waals surface area contributed by atoms with Crippen LogP contribution in [-0.4, -0.2) is 68.7 Å². The molecule has 4 bridgehead atoms. The monoisotopic (exact) mass is 559 g/mol. The maximum absolute atomic E-state index is 13.2. The van der Waals surface area contributed by atoms with Crippen molar-refractivity contribution in [2.75, 3.05) is 33.9 Å². The SMILES string of the molecule is COc1cc2ccc1CNC(=O)CCc1ccc(c(OC)c1)OCC(=O)N[C@@H]1CN(C(=O)c3ccccc3)C[C@H]1O2. The Labute approximate surface area is 238 Å². The smallest absolute Gasteiger partial charge is 0.258 e. The topological polar surface area (TPSA) is 115 Å². The number of carbonyl (C=O) groups excluding carboxylic acids is 3. The van der Waals surface area contributed by atoms with Gasteiger partial charge in [-0.15, -0.1) is 0 Å². The number of hydrogen-bond donors (Lipinski definition) is 2. The van der Waals surface area contributed by atoms with Crippen LogP contribution < -0.4 is 29.6 Å². The Balaban J connectivity index is 1.42. The first kappa shape index (κ1) is 27.8. The lowest BCUT2D eigenvalue weighted by molar-refractivity contribution is -0.124. The summed E-state index contributed by atoms with van der Waals surface area (Å²) in [6, 6.07) is 19.3. The largest absolute Gasteiger partial charge is 0.496 e. The lowest BCUT2D eigenvalue weighted by atomic mass is 10.1. The molecule has 5 heterocycles. The van der Waals surface area contributed by atoms with Crippen LogP contribution in [0.2, 0.25) is 0 Å². The Hall–Kier alpha value is -4.73. The number of nitrogens with zero attached hydrogens (tertiary/aromatic N) is 1. The van der Waals surface area contributed by atoms with E-state index in [1.165, 1.54) is 7.11 Å². The Kier molecular flexibility index (Phi) is 8.57. The van der Waals surface area contributed by atoms with Crippen LogP contribution in [0.1, 0.15) is 27.9 Å². The standard InChI is InChI=1S/C31H33N3O7/c1-38-26-15-23-11-10-22(26)16-32-29(35)13-9-20-8-12-25(27(14-20)39-2)40-19-30(36)33-24-17-34(18-28(24)41-23)31(37)21-6-4-3-5-7-21/h3-8,10-12,14-15,24,28H,9,13,16-19H2,1-2H3,(H,32,35)(H,33,36)/t24-,28-/m1/s1. The fourth-order valence-corrected chi connectivity index (χ4v) is 5.00. The minimum atomic E-state index is -0.527. The zero-order valence-electron chi connectivity index (χ0n) is 23.1. The third kappa shape index (κ3) is 6.71. The lowest BCUT2D eigenvalue weighted by Crippen LogP contribution is -2.46. The summed E-state index contributed by atoms with van der Waals surface area (Å²) in [4.78, 5) is 40.5. The summed E-state index contributed by atoms with van der Waals surface area (Å²) in [6.45, 7) is 0.578. The molecule has 0 aliphatic carbocycles. The number of rotatable bonds is 3. The molecule has 5 aliphatic rings. The van der Waals surface area contributed by atoms with Gasteiger partial charge in [-0.25, -0.2) is 0 Å². The number of nitrogens with one attached hydrogen (secondary N) is 2. The average molecular weight is 560 g/mol. The van der Waals surface area contributed by atoms with Crippen molar-refractivity contribution in [3.63, 3.8) is 0 Å². The number of likely N-dealkylation sites (tertiary alicyclic amines) is 1. The predicted octanol–water partition coefficient (Wildman–Crippen LogP) is 2.73. The number of ether oxygens (including phenoxy) is 4. The van der Waals surface area contributed by atoms with E-state index in [0.717, 1.165) is 11.1 Å². The second kappa shape index (κ2) is 12.6. The lowest BCUT2D eigenvalue weighted by Gasteiger charge is -2.22. The molecule has 0 radical (unpaired) electrons. The highest BCUT2D eigenvalue weighted by Crippen LogP contribution is 2.30. The zero-order valence-corrected chi connectivity index (χ0v) is 23.1. The van der Waals surface area contributed by atoms with E-state index in [-0.39, 0.29) is 43.8 Å². The van der Waals surface area contributed by atoms with Gasteiger partial charge in [0.2, 0.25) is 5.91 Å². The van der Waals surface area contributed by atoms with Crippen molar-refractivity contribution in [3.8, 4) is 23.0 Å². The van der Waals surface area contributed by atoms with Crippen LogP contribution in [0.3, 0.4) is 0 Å². The van der Waals surface area contributed by atoms with Gasteiger partial charge >= 0.3 is 0 Å². The number of carbonyl (C=O) groups is 3. The van der Waals surface area contributed by atoms with E-state index in [2.05, 4.69) is 10.6 Å². The van der Waals surface area contributed by atoms with Gasteiger partial charge in [0.15, 0.2) is 18.1 Å². The molecular formula is C31H33N3O7. The molecule has 2 atom stereocenters. The molecule has 3 aromatic carbocycles. The van der Waals surface area contributed by atoms with Crippen molar-refractivity contribution in [2.45, 2.75) is 31.5 Å². The van der Waals surface area contributed by atoms with Crippen LogP contribution in [-0.2, 0) is 22.6 Å². The maximum Gasteiger partial charge on any atom is 0.258 e. The first-order chi connectivity index (χ1) is 19.9. The normalized spacial score (nSPS) is 19.3. The molecule has 0 unspecified atom stereocenters. The number of benzene rings is 3. The molecular weight excluding hydrogens is 526 g/mol. The average Bonchev–Trinajstić information content (AvgIpc) is 3.39. The summed E-state index contributed by atoms with van der Waals surface area (Å²) in [5.41, 5.74) is 2.25. The maximum atomic E-state index is 13.2. The van der Waals surface area contributed by atoms with E-state index in [0.29, 0.717) is 41.5 Å². The molecule has 1 saturated heterocycles. The van der Waals surface area contributed by atoms with E-state index >= 15 is 0 Å². The third-order valence-corrected chi connectivity index (χ3v) is 7.17. The molecule has 1 fully saturated rings. The molecule has 5 aliphatic heterocycles. The Morgan fingerprint density at radius 2 is 1.71 bits per heavy atom. The predicted molar refractivity (Wildman–Crippen MR) is 150 cm³/mol. The van der Waals surface area contributed by atoms with Crippen LogP contribution in [0.15, 0.2) is 66.7 Å². The van der Waals surface area contributed by atoms with E-state index in [9.17, 15) is 14.4 Å². The Morgan fingerprint density at radius 1 is 0.902 bits per heavy atom. The quantitative estimate of drug-likeness (QED) is 0.507. The summed E-state index contributed by atoms with van der Waals surface area (Å²) in [5, 5.41) is 5.93. The minimum absolute atomic E-state index is 0.102. The number of methoxy groups -OCH3 is 2. The van der Waals surface area contributed by atoms with Crippen molar-refractivity contribution in [3.05, 3.63) is 83.4 Å². The second-order valence-corrected chi connectivity index (χ2v) is 9.93. The second-order valence-electron chi connectivity index (χ2n) is 9.93. The van der Waals surface area contributed by atoms with E-state index in [1.54, 1.807) is 48.4 Å². The first-order valence-electron chi connectivity index (χ1n) is 13.5. The summed E-state index contributed by atoms with van der Waals surface area (Å²) in [7, 11) is 3.08. The minimum Gasteiger partial charge on any atom is -0.496 e. The van der Waals surface area contributed by atoms with Gasteiger partial charge in [0, 0.05) is 36.7 Å². The molecule has 3 amide bonds. The molecule has 41 heavy (non-hydrogen) atoms. The Morgan fingerprint density at radius 3 is 2.49 bits per heavy atom. The van der Waals surface area contributed by atoms with Crippen molar-refractivity contribution >= 4 is 17.7 Å². The summed E-state index contributed by atoms with van der Waals surface area (Å²) < 4.78 is 23.1. The van der Waals surface area contributed by atoms with Crippen LogP contribution in [0, 0.1) is 0 Å². The van der Waals surface area contributed by atoms with E-state index < -0.39 is 12.1 Å². The fourth-order valence-electron chi connectivity index (χ4n) is 5.00. The molecule has 3 aromatic rings. The van der Waals surface area contributed by atoms with Gasteiger partial charge in [0.25, 0.3) is 11.8 Å². The molecule has 10 heteroatoms. The summed E-state index contributed by atoms with van der Waals surface area (Å²) in [6.07, 6.45) is 0.270. The van der Waals surface area contributed by atoms with Crippen molar-refractivity contribution in [2.24, 2.45) is 0 Å². The Bertz CT molecular complexity index is 1410. The van der Waals surface area contributed by atoms with Crippen LogP contribution >= 0.6 is 0 Å². The van der Waals surface area contributed by atoms with E-state index in [4.69, 9.17) is 18.9 Å². The molecule has 0 aromatic heterocycles. The number of hydrogen-bond acceptors (Lipinski definition) is 7. The van der Waals surface area contributed by atoms with Gasteiger partial charge in [0.05, 0.1) is 26.8 Å². The summed E-state index contributed by atoms with van der Waals surface area (Å²) >= 11 is 0. The van der Waals surface area contributed by atoms with Gasteiger partial charge in [0.1, 0.15) is 17.6 Å². The zero-order chi connectivity index (χ0) is 28.8. The molecule has 0 saturated carbocycles. The number of aryl methyl sites for hydroxylation is 1. The van der Waals surface area contributed by atoms with Crippen LogP contribution in [0.25, 0.3) is 0 Å². The highest BCUT2D eigenvalue weighted by molar-refractivity contribution is 5.94. The van der Waals surface area contributed by atoms with Crippen LogP contribution in [0.4, 0.5) is 0 Å². The molecule has 0 spiro atoms.